The Morgan fingerprint density at radius 2 is 2.12 bits per heavy atom. The molecule has 1 heterocycles. The van der Waals surface area contributed by atoms with Crippen LogP contribution in [0.2, 0.25) is 0 Å². The summed E-state index contributed by atoms with van der Waals surface area (Å²) in [6.45, 7) is 3.29. The van der Waals surface area contributed by atoms with E-state index in [9.17, 15) is 4.79 Å². The van der Waals surface area contributed by atoms with Crippen molar-refractivity contribution in [1.29, 1.82) is 0 Å². The average molecular weight is 328 g/mol. The third-order valence-electron chi connectivity index (χ3n) is 3.62. The lowest BCUT2D eigenvalue weighted by atomic mass is 10.1. The van der Waals surface area contributed by atoms with Crippen molar-refractivity contribution in [2.75, 3.05) is 13.7 Å². The first-order valence-electron chi connectivity index (χ1n) is 8.10. The fourth-order valence-electron chi connectivity index (χ4n) is 2.26. The van der Waals surface area contributed by atoms with Crippen LogP contribution in [-0.2, 0) is 20.9 Å². The van der Waals surface area contributed by atoms with Crippen molar-refractivity contribution >= 4 is 5.97 Å². The van der Waals surface area contributed by atoms with Crippen molar-refractivity contribution < 1.29 is 19.0 Å². The summed E-state index contributed by atoms with van der Waals surface area (Å²) in [5.74, 6) is 0.577. The first-order valence-corrected chi connectivity index (χ1v) is 8.10. The molecule has 1 unspecified atom stereocenters. The zero-order valence-electron chi connectivity index (χ0n) is 14.2. The van der Waals surface area contributed by atoms with Gasteiger partial charge in [-0.2, -0.15) is 0 Å². The maximum absolute atomic E-state index is 11.1. The van der Waals surface area contributed by atoms with Crippen LogP contribution in [0, 0.1) is 0 Å². The maximum atomic E-state index is 11.1. The lowest BCUT2D eigenvalue weighted by Gasteiger charge is -2.14. The SMILES string of the molecule is COc1ccc(COCC/C=C(C)/C=C/C2CC=CC(=O)O2)cc1. The highest BCUT2D eigenvalue weighted by molar-refractivity contribution is 5.82. The minimum absolute atomic E-state index is 0.155. The van der Waals surface area contributed by atoms with Crippen LogP contribution in [-0.4, -0.2) is 25.8 Å². The average Bonchev–Trinajstić information content (AvgIpc) is 2.60. The van der Waals surface area contributed by atoms with Crippen molar-refractivity contribution in [2.24, 2.45) is 0 Å². The van der Waals surface area contributed by atoms with E-state index >= 15 is 0 Å². The smallest absolute Gasteiger partial charge is 0.331 e. The topological polar surface area (TPSA) is 44.8 Å². The number of rotatable bonds is 8. The van der Waals surface area contributed by atoms with Gasteiger partial charge in [0.15, 0.2) is 0 Å². The summed E-state index contributed by atoms with van der Waals surface area (Å²) < 4.78 is 16.0. The number of carbonyl (C=O) groups excluding carboxylic acids is 1. The number of cyclic esters (lactones) is 1. The molecule has 0 spiro atoms. The van der Waals surface area contributed by atoms with Crippen LogP contribution in [0.4, 0.5) is 0 Å². The molecule has 4 nitrogen and oxygen atoms in total. The normalized spacial score (nSPS) is 18.0. The highest BCUT2D eigenvalue weighted by Crippen LogP contribution is 2.12. The number of benzene rings is 1. The molecule has 1 aromatic carbocycles. The zero-order chi connectivity index (χ0) is 17.2. The number of carbonyl (C=O) groups is 1. The molecule has 0 saturated heterocycles. The third kappa shape index (κ3) is 6.42. The van der Waals surface area contributed by atoms with Gasteiger partial charge in [0, 0.05) is 12.5 Å². The molecule has 1 aromatic rings. The van der Waals surface area contributed by atoms with E-state index in [4.69, 9.17) is 14.2 Å². The summed E-state index contributed by atoms with van der Waals surface area (Å²) in [5, 5.41) is 0. The van der Waals surface area contributed by atoms with Crippen LogP contribution < -0.4 is 4.74 Å². The second kappa shape index (κ2) is 9.73. The molecule has 0 amide bonds. The summed E-state index contributed by atoms with van der Waals surface area (Å²) >= 11 is 0. The Morgan fingerprint density at radius 1 is 1.33 bits per heavy atom. The van der Waals surface area contributed by atoms with Crippen LogP contribution in [0.25, 0.3) is 0 Å². The standard InChI is InChI=1S/C20H24O4/c1-16(8-11-19-6-3-7-20(21)24-19)5-4-14-23-15-17-9-12-18(22-2)13-10-17/h3,5,7-13,19H,4,6,14-15H2,1-2H3/b11-8+,16-5+. The fraction of sp³-hybridized carbons (Fsp3) is 0.350. The molecule has 2 rings (SSSR count). The second-order valence-electron chi connectivity index (χ2n) is 5.61. The fourth-order valence-corrected chi connectivity index (χ4v) is 2.26. The Kier molecular flexibility index (Phi) is 7.30. The van der Waals surface area contributed by atoms with Gasteiger partial charge in [-0.1, -0.05) is 35.9 Å². The number of methoxy groups -OCH3 is 1. The molecule has 0 fully saturated rings. The summed E-state index contributed by atoms with van der Waals surface area (Å²) in [6, 6.07) is 7.87. The van der Waals surface area contributed by atoms with E-state index in [-0.39, 0.29) is 12.1 Å². The van der Waals surface area contributed by atoms with Crippen LogP contribution in [0.5, 0.6) is 5.75 Å². The van der Waals surface area contributed by atoms with Gasteiger partial charge in [0.2, 0.25) is 0 Å². The quantitative estimate of drug-likeness (QED) is 0.411. The Hall–Kier alpha value is -2.33. The van der Waals surface area contributed by atoms with Gasteiger partial charge < -0.3 is 14.2 Å². The Bertz CT molecular complexity index is 611. The Morgan fingerprint density at radius 3 is 2.83 bits per heavy atom. The van der Waals surface area contributed by atoms with E-state index in [0.717, 1.165) is 29.7 Å². The van der Waals surface area contributed by atoms with E-state index in [0.29, 0.717) is 13.2 Å². The third-order valence-corrected chi connectivity index (χ3v) is 3.62. The molecule has 0 saturated carbocycles. The molecule has 1 aliphatic rings. The van der Waals surface area contributed by atoms with E-state index in [1.54, 1.807) is 7.11 Å². The molecular weight excluding hydrogens is 304 g/mol. The maximum Gasteiger partial charge on any atom is 0.331 e. The summed E-state index contributed by atoms with van der Waals surface area (Å²) in [4.78, 5) is 11.1. The van der Waals surface area contributed by atoms with Gasteiger partial charge in [-0.3, -0.25) is 0 Å². The molecule has 0 aromatic heterocycles. The van der Waals surface area contributed by atoms with Crippen LogP contribution in [0.15, 0.2) is 60.2 Å². The molecule has 0 aliphatic carbocycles. The molecule has 4 heteroatoms. The van der Waals surface area contributed by atoms with Crippen molar-refractivity contribution in [3.05, 3.63) is 65.8 Å². The van der Waals surface area contributed by atoms with Crippen LogP contribution >= 0.6 is 0 Å². The lowest BCUT2D eigenvalue weighted by molar-refractivity contribution is -0.141. The zero-order valence-corrected chi connectivity index (χ0v) is 14.2. The van der Waals surface area contributed by atoms with Gasteiger partial charge in [-0.15, -0.1) is 0 Å². The molecular formula is C20H24O4. The van der Waals surface area contributed by atoms with E-state index < -0.39 is 0 Å². The minimum atomic E-state index is -0.274. The van der Waals surface area contributed by atoms with Crippen LogP contribution in [0.1, 0.15) is 25.3 Å². The largest absolute Gasteiger partial charge is 0.497 e. The van der Waals surface area contributed by atoms with Gasteiger partial charge >= 0.3 is 5.97 Å². The minimum Gasteiger partial charge on any atom is -0.497 e. The van der Waals surface area contributed by atoms with Gasteiger partial charge in [0.05, 0.1) is 20.3 Å². The number of esters is 1. The molecule has 128 valence electrons. The van der Waals surface area contributed by atoms with Gasteiger partial charge in [-0.25, -0.2) is 4.79 Å². The molecule has 1 atom stereocenters. The number of allylic oxidation sites excluding steroid dienone is 2. The van der Waals surface area contributed by atoms with Crippen molar-refractivity contribution in [2.45, 2.75) is 32.5 Å². The monoisotopic (exact) mass is 328 g/mol. The lowest BCUT2D eigenvalue weighted by Crippen LogP contribution is -2.17. The van der Waals surface area contributed by atoms with Gasteiger partial charge in [0.1, 0.15) is 11.9 Å². The first kappa shape index (κ1) is 18.0. The first-order chi connectivity index (χ1) is 11.7. The van der Waals surface area contributed by atoms with Crippen molar-refractivity contribution in [3.8, 4) is 5.75 Å². The second-order valence-corrected chi connectivity index (χ2v) is 5.61. The molecule has 0 N–H and O–H groups in total. The number of hydrogen-bond donors (Lipinski definition) is 0. The van der Waals surface area contributed by atoms with Crippen molar-refractivity contribution in [1.82, 2.24) is 0 Å². The highest BCUT2D eigenvalue weighted by Gasteiger charge is 2.11. The molecule has 0 bridgehead atoms. The number of ether oxygens (including phenoxy) is 3. The predicted octanol–water partition coefficient (Wildman–Crippen LogP) is 3.98. The van der Waals surface area contributed by atoms with Gasteiger partial charge in [-0.05, 0) is 37.1 Å². The van der Waals surface area contributed by atoms with Gasteiger partial charge in [0.25, 0.3) is 0 Å². The number of hydrogen-bond acceptors (Lipinski definition) is 4. The van der Waals surface area contributed by atoms with Crippen molar-refractivity contribution in [3.63, 3.8) is 0 Å². The van der Waals surface area contributed by atoms with E-state index in [1.807, 2.05) is 49.4 Å². The predicted molar refractivity (Wildman–Crippen MR) is 93.8 cm³/mol. The van der Waals surface area contributed by atoms with Crippen LogP contribution in [0.3, 0.4) is 0 Å². The van der Waals surface area contributed by atoms with E-state index in [1.165, 1.54) is 6.08 Å². The summed E-state index contributed by atoms with van der Waals surface area (Å²) in [7, 11) is 1.66. The molecule has 0 radical (unpaired) electrons. The summed E-state index contributed by atoms with van der Waals surface area (Å²) in [5.41, 5.74) is 2.26. The molecule has 1 aliphatic heterocycles. The Balaban J connectivity index is 1.65. The summed E-state index contributed by atoms with van der Waals surface area (Å²) in [6.07, 6.45) is 10.8. The van der Waals surface area contributed by atoms with E-state index in [2.05, 4.69) is 6.08 Å². The highest BCUT2D eigenvalue weighted by atomic mass is 16.5. The Labute approximate surface area is 143 Å². The molecule has 24 heavy (non-hydrogen) atoms.